The summed E-state index contributed by atoms with van der Waals surface area (Å²) >= 11 is 0. The molecule has 3 N–H and O–H groups in total. The monoisotopic (exact) mass is 527 g/mol. The molecular formula is C32H41N5O2. The maximum absolute atomic E-state index is 13.3. The van der Waals surface area contributed by atoms with Crippen molar-refractivity contribution in [1.29, 1.82) is 0 Å². The van der Waals surface area contributed by atoms with Gasteiger partial charge in [-0.1, -0.05) is 44.6 Å². The molecule has 6 rings (SSSR count). The van der Waals surface area contributed by atoms with Gasteiger partial charge in [0.25, 0.3) is 0 Å². The zero-order valence-electron chi connectivity index (χ0n) is 23.1. The highest BCUT2D eigenvalue weighted by Gasteiger charge is 2.30. The third kappa shape index (κ3) is 5.36. The molecule has 4 aromatic rings. The number of imidazole rings is 1. The summed E-state index contributed by atoms with van der Waals surface area (Å²) in [7, 11) is 2.00. The van der Waals surface area contributed by atoms with Gasteiger partial charge in [-0.25, -0.2) is 4.98 Å². The first kappa shape index (κ1) is 25.8. The van der Waals surface area contributed by atoms with E-state index in [-0.39, 0.29) is 11.9 Å². The number of aromatic nitrogens is 3. The van der Waals surface area contributed by atoms with Crippen molar-refractivity contribution in [2.24, 2.45) is 5.92 Å². The van der Waals surface area contributed by atoms with Crippen LogP contribution in [0.4, 0.5) is 5.95 Å². The summed E-state index contributed by atoms with van der Waals surface area (Å²) < 4.78 is 8.59. The third-order valence-electron chi connectivity index (χ3n) is 9.17. The molecule has 2 aromatic heterocycles. The quantitative estimate of drug-likeness (QED) is 0.247. The standard InChI is InChI=1S/C32H41N5O2/c1-36(23-11-6-3-7-12-23)31(38)18-17-28(22-9-4-2-5-10-22)37-29-21-24(15-16-27(29)35-32(37)33)39-30-14-8-13-26-25(30)19-20-34-26/h8,13-16,19-23,28,34H,2-7,9-12,17-18H2,1H3,(H2,33,35). The molecule has 2 fully saturated rings. The van der Waals surface area contributed by atoms with Crippen LogP contribution in [-0.2, 0) is 4.79 Å². The number of H-pyrrole nitrogens is 1. The molecule has 1 unspecified atom stereocenters. The highest BCUT2D eigenvalue weighted by molar-refractivity contribution is 5.86. The first-order chi connectivity index (χ1) is 19.1. The van der Waals surface area contributed by atoms with E-state index < -0.39 is 0 Å². The molecule has 7 heteroatoms. The van der Waals surface area contributed by atoms with Crippen molar-refractivity contribution >= 4 is 33.8 Å². The van der Waals surface area contributed by atoms with E-state index in [1.54, 1.807) is 0 Å². The Kier molecular flexibility index (Phi) is 7.49. The largest absolute Gasteiger partial charge is 0.457 e. The normalized spacial score (nSPS) is 18.0. The molecule has 1 atom stereocenters. The summed E-state index contributed by atoms with van der Waals surface area (Å²) in [6.45, 7) is 0. The van der Waals surface area contributed by atoms with Crippen molar-refractivity contribution in [2.45, 2.75) is 89.1 Å². The lowest BCUT2D eigenvalue weighted by atomic mass is 9.82. The Labute approximate surface area is 230 Å². The fourth-order valence-corrected chi connectivity index (χ4v) is 6.99. The van der Waals surface area contributed by atoms with Crippen LogP contribution in [-0.4, -0.2) is 38.4 Å². The topological polar surface area (TPSA) is 89.2 Å². The van der Waals surface area contributed by atoms with E-state index in [4.69, 9.17) is 15.5 Å². The molecule has 0 spiro atoms. The smallest absolute Gasteiger partial charge is 0.222 e. The van der Waals surface area contributed by atoms with Gasteiger partial charge in [0.1, 0.15) is 11.5 Å². The van der Waals surface area contributed by atoms with Gasteiger partial charge >= 0.3 is 0 Å². The second kappa shape index (κ2) is 11.3. The molecule has 2 heterocycles. The number of nitrogen functional groups attached to an aromatic ring is 1. The van der Waals surface area contributed by atoms with E-state index in [2.05, 4.69) is 15.6 Å². The number of aromatic amines is 1. The lowest BCUT2D eigenvalue weighted by molar-refractivity contribution is -0.132. The van der Waals surface area contributed by atoms with Crippen molar-refractivity contribution in [3.8, 4) is 11.5 Å². The van der Waals surface area contributed by atoms with Crippen molar-refractivity contribution in [2.75, 3.05) is 12.8 Å². The number of amides is 1. The second-order valence-electron chi connectivity index (χ2n) is 11.6. The van der Waals surface area contributed by atoms with E-state index >= 15 is 0 Å². The van der Waals surface area contributed by atoms with Gasteiger partial charge in [0.15, 0.2) is 0 Å². The van der Waals surface area contributed by atoms with Crippen molar-refractivity contribution < 1.29 is 9.53 Å². The van der Waals surface area contributed by atoms with E-state index in [1.165, 1.54) is 51.4 Å². The van der Waals surface area contributed by atoms with Crippen LogP contribution in [0.3, 0.4) is 0 Å². The molecule has 2 aliphatic carbocycles. The lowest BCUT2D eigenvalue weighted by Crippen LogP contribution is -2.38. The number of ether oxygens (including phenoxy) is 1. The number of anilines is 1. The molecule has 0 saturated heterocycles. The Bertz CT molecular complexity index is 1430. The maximum Gasteiger partial charge on any atom is 0.222 e. The number of carbonyl (C=O) groups excluding carboxylic acids is 1. The van der Waals surface area contributed by atoms with Crippen LogP contribution in [0.1, 0.15) is 83.1 Å². The predicted molar refractivity (Wildman–Crippen MR) is 157 cm³/mol. The number of hydrogen-bond donors (Lipinski definition) is 2. The molecular weight excluding hydrogens is 486 g/mol. The zero-order valence-corrected chi connectivity index (χ0v) is 23.1. The third-order valence-corrected chi connectivity index (χ3v) is 9.17. The zero-order chi connectivity index (χ0) is 26.8. The van der Waals surface area contributed by atoms with Gasteiger partial charge in [-0.15, -0.1) is 0 Å². The molecule has 2 aromatic carbocycles. The van der Waals surface area contributed by atoms with Gasteiger partial charge in [0.05, 0.1) is 11.0 Å². The highest BCUT2D eigenvalue weighted by Crippen LogP contribution is 2.40. The van der Waals surface area contributed by atoms with Crippen LogP contribution in [0.15, 0.2) is 48.7 Å². The molecule has 2 saturated carbocycles. The van der Waals surface area contributed by atoms with E-state index in [9.17, 15) is 4.79 Å². The summed E-state index contributed by atoms with van der Waals surface area (Å²) in [6, 6.07) is 14.6. The van der Waals surface area contributed by atoms with E-state index in [0.29, 0.717) is 24.3 Å². The molecule has 39 heavy (non-hydrogen) atoms. The van der Waals surface area contributed by atoms with Crippen LogP contribution < -0.4 is 10.5 Å². The Morgan fingerprint density at radius 2 is 1.85 bits per heavy atom. The number of nitrogens with one attached hydrogen (secondary N) is 1. The Balaban J connectivity index is 1.29. The second-order valence-corrected chi connectivity index (χ2v) is 11.6. The summed E-state index contributed by atoms with van der Waals surface area (Å²) in [5, 5.41) is 1.05. The number of nitrogens with two attached hydrogens (primary N) is 1. The SMILES string of the molecule is CN(C(=O)CCC(C1CCCCC1)n1c(N)nc2ccc(Oc3cccc4[nH]ccc34)cc21)C1CCCCC1. The Hall–Kier alpha value is -3.48. The number of carbonyl (C=O) groups is 1. The van der Waals surface area contributed by atoms with Crippen LogP contribution in [0, 0.1) is 5.92 Å². The Morgan fingerprint density at radius 3 is 2.64 bits per heavy atom. The molecule has 206 valence electrons. The molecule has 0 radical (unpaired) electrons. The van der Waals surface area contributed by atoms with E-state index in [0.717, 1.165) is 52.7 Å². The van der Waals surface area contributed by atoms with Crippen molar-refractivity contribution in [1.82, 2.24) is 19.4 Å². The molecule has 0 bridgehead atoms. The maximum atomic E-state index is 13.3. The fourth-order valence-electron chi connectivity index (χ4n) is 6.99. The van der Waals surface area contributed by atoms with Crippen LogP contribution in [0.25, 0.3) is 21.9 Å². The number of rotatable bonds is 8. The van der Waals surface area contributed by atoms with Crippen molar-refractivity contribution in [3.63, 3.8) is 0 Å². The van der Waals surface area contributed by atoms with Crippen LogP contribution >= 0.6 is 0 Å². The fraction of sp³-hybridized carbons (Fsp3) is 0.500. The minimum Gasteiger partial charge on any atom is -0.457 e. The average molecular weight is 528 g/mol. The summed E-state index contributed by atoms with van der Waals surface area (Å²) in [6.07, 6.45) is 15.4. The predicted octanol–water partition coefficient (Wildman–Crippen LogP) is 7.58. The summed E-state index contributed by atoms with van der Waals surface area (Å²) in [5.41, 5.74) is 9.51. The lowest BCUT2D eigenvalue weighted by Gasteiger charge is -2.34. The van der Waals surface area contributed by atoms with Gasteiger partial charge in [0.2, 0.25) is 11.9 Å². The molecule has 2 aliphatic rings. The Morgan fingerprint density at radius 1 is 1.08 bits per heavy atom. The average Bonchev–Trinajstić information content (AvgIpc) is 3.58. The summed E-state index contributed by atoms with van der Waals surface area (Å²) in [4.78, 5) is 23.4. The number of hydrogen-bond acceptors (Lipinski definition) is 4. The van der Waals surface area contributed by atoms with E-state index in [1.807, 2.05) is 54.5 Å². The number of nitrogens with zero attached hydrogens (tertiary/aromatic N) is 3. The first-order valence-electron chi connectivity index (χ1n) is 14.9. The van der Waals surface area contributed by atoms with Crippen molar-refractivity contribution in [3.05, 3.63) is 48.7 Å². The van der Waals surface area contributed by atoms with Crippen LogP contribution in [0.2, 0.25) is 0 Å². The number of benzene rings is 2. The summed E-state index contributed by atoms with van der Waals surface area (Å²) in [5.74, 6) is 2.84. The molecule has 7 nitrogen and oxygen atoms in total. The van der Waals surface area contributed by atoms with Gasteiger partial charge in [0, 0.05) is 48.7 Å². The highest BCUT2D eigenvalue weighted by atomic mass is 16.5. The first-order valence-corrected chi connectivity index (χ1v) is 14.9. The van der Waals surface area contributed by atoms with Gasteiger partial charge in [-0.2, -0.15) is 0 Å². The minimum absolute atomic E-state index is 0.141. The minimum atomic E-state index is 0.141. The van der Waals surface area contributed by atoms with Crippen LogP contribution in [0.5, 0.6) is 11.5 Å². The van der Waals surface area contributed by atoms with Gasteiger partial charge < -0.3 is 24.9 Å². The van der Waals surface area contributed by atoms with Gasteiger partial charge in [-0.05, 0) is 68.4 Å². The van der Waals surface area contributed by atoms with Gasteiger partial charge in [-0.3, -0.25) is 4.79 Å². The number of fused-ring (bicyclic) bond motifs is 2. The molecule has 1 amide bonds. The molecule has 0 aliphatic heterocycles.